The van der Waals surface area contributed by atoms with Gasteiger partial charge in [0.25, 0.3) is 0 Å². The van der Waals surface area contributed by atoms with Gasteiger partial charge in [-0.1, -0.05) is 57.2 Å². The van der Waals surface area contributed by atoms with Crippen molar-refractivity contribution in [3.05, 3.63) is 115 Å². The molecule has 2 aromatic heterocycles. The Hall–Kier alpha value is -4.41. The summed E-state index contributed by atoms with van der Waals surface area (Å²) in [6.07, 6.45) is 3.69. The molecule has 0 bridgehead atoms. The van der Waals surface area contributed by atoms with Crippen LogP contribution in [0.2, 0.25) is 0 Å². The molecular weight excluding hydrogens is 714 g/mol. The van der Waals surface area contributed by atoms with Crippen molar-refractivity contribution in [2.75, 3.05) is 0 Å². The van der Waals surface area contributed by atoms with E-state index in [2.05, 4.69) is 56.1 Å². The summed E-state index contributed by atoms with van der Waals surface area (Å²) in [5.41, 5.74) is 5.61. The summed E-state index contributed by atoms with van der Waals surface area (Å²) in [4.78, 5) is 9.21. The van der Waals surface area contributed by atoms with E-state index < -0.39 is 0 Å². The van der Waals surface area contributed by atoms with Crippen molar-refractivity contribution in [2.24, 2.45) is 0 Å². The first-order valence-corrected chi connectivity index (χ1v) is 14.0. The van der Waals surface area contributed by atoms with Crippen molar-refractivity contribution in [1.82, 2.24) is 9.97 Å². The quantitative estimate of drug-likeness (QED) is 0.149. The Balaban J connectivity index is 0.00000300. The smallest absolute Gasteiger partial charge is 0.518 e. The third kappa shape index (κ3) is 4.80. The number of pyridine rings is 2. The van der Waals surface area contributed by atoms with Gasteiger partial charge in [-0.15, -0.1) is 52.9 Å². The van der Waals surface area contributed by atoms with E-state index in [0.29, 0.717) is 11.6 Å². The number of ether oxygens (including phenoxy) is 3. The Morgan fingerprint density at radius 1 is 0.721 bits per heavy atom. The number of hydrogen-bond acceptors (Lipinski definition) is 5. The van der Waals surface area contributed by atoms with Crippen LogP contribution in [0, 0.1) is 12.1 Å². The molecule has 4 aromatic carbocycles. The number of fused-ring (bicyclic) bond motifs is 5. The summed E-state index contributed by atoms with van der Waals surface area (Å²) >= 11 is 0. The van der Waals surface area contributed by atoms with Gasteiger partial charge in [-0.25, -0.2) is 4.98 Å². The second kappa shape index (κ2) is 10.4. The molecule has 2 aliphatic rings. The normalized spacial score (nSPS) is 12.7. The van der Waals surface area contributed by atoms with Crippen molar-refractivity contribution in [3.63, 3.8) is 0 Å². The van der Waals surface area contributed by atoms with E-state index >= 15 is 0 Å². The van der Waals surface area contributed by atoms with Crippen LogP contribution in [0.3, 0.4) is 0 Å². The molecule has 0 saturated heterocycles. The maximum absolute atomic E-state index is 6.38. The molecule has 5 nitrogen and oxygen atoms in total. The molecule has 0 radical (unpaired) electrons. The Morgan fingerprint density at radius 3 is 2.21 bits per heavy atom. The van der Waals surface area contributed by atoms with E-state index in [4.69, 9.17) is 19.2 Å². The number of hydrogen-bond donors (Lipinski definition) is 0. The summed E-state index contributed by atoms with van der Waals surface area (Å²) < 4.78 is 19.0. The molecule has 0 N–H and O–H groups in total. The fraction of sp³-hybridized carbons (Fsp3) is 0.111. The summed E-state index contributed by atoms with van der Waals surface area (Å²) in [6.45, 7) is 6.31. The molecule has 0 spiro atoms. The zero-order chi connectivity index (χ0) is 28.4. The standard InChI is InChI=1S/C36H25BN2O3.Pt/c1-36(2,3)25-15-16-38-34(19-25)40-26-12-14-31-28(20-26)37-27-17-23(29-18-22-7-4-5-8-24(22)21-39-29)11-13-30(27)41-32-9-6-10-33(42-31)35(32)37;/h4-16,18-19,21H,1-3H3;/q-2;+2. The van der Waals surface area contributed by atoms with Gasteiger partial charge in [0, 0.05) is 41.2 Å². The maximum Gasteiger partial charge on any atom is 2.00 e. The molecule has 2 aliphatic heterocycles. The van der Waals surface area contributed by atoms with Crippen LogP contribution in [-0.2, 0) is 26.5 Å². The van der Waals surface area contributed by atoms with E-state index in [9.17, 15) is 0 Å². The first-order valence-electron chi connectivity index (χ1n) is 14.0. The molecule has 0 aliphatic carbocycles. The Morgan fingerprint density at radius 2 is 1.44 bits per heavy atom. The third-order valence-corrected chi connectivity index (χ3v) is 7.90. The summed E-state index contributed by atoms with van der Waals surface area (Å²) in [5, 5.41) is 2.23. The van der Waals surface area contributed by atoms with Crippen LogP contribution in [0.4, 0.5) is 0 Å². The predicted molar refractivity (Wildman–Crippen MR) is 166 cm³/mol. The number of aromatic nitrogens is 2. The van der Waals surface area contributed by atoms with Gasteiger partial charge in [0.15, 0.2) is 0 Å². The SMILES string of the molecule is CC(C)(C)c1ccnc(Oc2[c-]c3c(cc2)Oc2cccc4c2B3c2[c-]c(-c3cc5ccccc5cn3)ccc2O4)c1.[Pt+2]. The molecule has 4 heterocycles. The fourth-order valence-electron chi connectivity index (χ4n) is 5.72. The van der Waals surface area contributed by atoms with E-state index in [-0.39, 0.29) is 33.2 Å². The molecule has 0 saturated carbocycles. The van der Waals surface area contributed by atoms with Gasteiger partial charge in [-0.3, -0.25) is 0 Å². The zero-order valence-corrected chi connectivity index (χ0v) is 26.0. The van der Waals surface area contributed by atoms with Gasteiger partial charge in [-0.2, -0.15) is 0 Å². The molecule has 210 valence electrons. The number of benzene rings is 4. The van der Waals surface area contributed by atoms with Crippen molar-refractivity contribution < 1.29 is 35.3 Å². The van der Waals surface area contributed by atoms with Crippen molar-refractivity contribution >= 4 is 33.9 Å². The predicted octanol–water partition coefficient (Wildman–Crippen LogP) is 6.71. The van der Waals surface area contributed by atoms with Crippen LogP contribution in [0.1, 0.15) is 26.3 Å². The molecule has 7 heteroatoms. The van der Waals surface area contributed by atoms with Crippen LogP contribution in [0.15, 0.2) is 97.3 Å². The summed E-state index contributed by atoms with van der Waals surface area (Å²) in [7, 11) is 0. The largest absolute Gasteiger partial charge is 2.00 e. The van der Waals surface area contributed by atoms with Crippen LogP contribution >= 0.6 is 0 Å². The minimum absolute atomic E-state index is 0. The Bertz CT molecular complexity index is 2020. The minimum Gasteiger partial charge on any atom is -0.518 e. The maximum atomic E-state index is 6.38. The molecular formula is C36H25BN2O3Pt. The zero-order valence-electron chi connectivity index (χ0n) is 23.8. The molecule has 0 amide bonds. The first kappa shape index (κ1) is 27.4. The minimum atomic E-state index is -0.207. The van der Waals surface area contributed by atoms with Crippen molar-refractivity contribution in [2.45, 2.75) is 26.2 Å². The molecule has 43 heavy (non-hydrogen) atoms. The van der Waals surface area contributed by atoms with Crippen LogP contribution < -0.4 is 30.6 Å². The van der Waals surface area contributed by atoms with E-state index in [1.165, 1.54) is 0 Å². The van der Waals surface area contributed by atoms with Gasteiger partial charge in [0.1, 0.15) is 11.5 Å². The fourth-order valence-corrected chi connectivity index (χ4v) is 5.72. The van der Waals surface area contributed by atoms with Crippen LogP contribution in [0.25, 0.3) is 22.0 Å². The average molecular weight is 739 g/mol. The Labute approximate surface area is 265 Å². The molecule has 0 unspecified atom stereocenters. The third-order valence-electron chi connectivity index (χ3n) is 7.90. The summed E-state index contributed by atoms with van der Waals surface area (Å²) in [5.74, 6) is 4.10. The van der Waals surface area contributed by atoms with Crippen LogP contribution in [0.5, 0.6) is 34.6 Å². The second-order valence-corrected chi connectivity index (χ2v) is 11.7. The van der Waals surface area contributed by atoms with Gasteiger partial charge in [0.2, 0.25) is 12.6 Å². The van der Waals surface area contributed by atoms with Crippen molar-refractivity contribution in [1.29, 1.82) is 0 Å². The Kier molecular flexibility index (Phi) is 6.63. The van der Waals surface area contributed by atoms with Gasteiger partial charge < -0.3 is 19.2 Å². The monoisotopic (exact) mass is 739 g/mol. The second-order valence-electron chi connectivity index (χ2n) is 11.7. The van der Waals surface area contributed by atoms with E-state index in [0.717, 1.165) is 67.0 Å². The van der Waals surface area contributed by atoms with Gasteiger partial charge >= 0.3 is 21.1 Å². The van der Waals surface area contributed by atoms with Crippen molar-refractivity contribution in [3.8, 4) is 45.9 Å². The molecule has 6 aromatic rings. The summed E-state index contributed by atoms with van der Waals surface area (Å²) in [6, 6.07) is 35.3. The molecule has 0 fully saturated rings. The topological polar surface area (TPSA) is 53.5 Å². The first-order chi connectivity index (χ1) is 20.4. The number of rotatable bonds is 3. The van der Waals surface area contributed by atoms with Crippen LogP contribution in [-0.4, -0.2) is 16.7 Å². The van der Waals surface area contributed by atoms with E-state index in [1.807, 2.05) is 72.9 Å². The van der Waals surface area contributed by atoms with Gasteiger partial charge in [-0.05, 0) is 45.6 Å². The van der Waals surface area contributed by atoms with E-state index in [1.54, 1.807) is 6.20 Å². The van der Waals surface area contributed by atoms with Gasteiger partial charge in [0.05, 0.1) is 0 Å². The average Bonchev–Trinajstić information content (AvgIpc) is 3.00. The number of nitrogens with zero attached hydrogens (tertiary/aromatic N) is 2. The molecule has 8 rings (SSSR count). The molecule has 0 atom stereocenters.